The normalized spacial score (nSPS) is 16.9. The maximum atomic E-state index is 13.0. The molecule has 7 nitrogen and oxygen atoms in total. The van der Waals surface area contributed by atoms with Gasteiger partial charge in [0.1, 0.15) is 11.0 Å². The van der Waals surface area contributed by atoms with Crippen LogP contribution in [0.2, 0.25) is 0 Å². The molecule has 144 valence electrons. The number of carbonyl (C=O) groups is 2. The van der Waals surface area contributed by atoms with Crippen molar-refractivity contribution in [2.45, 2.75) is 18.8 Å². The minimum atomic E-state index is -0.0635. The Morgan fingerprint density at radius 1 is 1.11 bits per heavy atom. The summed E-state index contributed by atoms with van der Waals surface area (Å²) in [6.45, 7) is 1.36. The van der Waals surface area contributed by atoms with Crippen LogP contribution < -0.4 is 0 Å². The molecule has 1 aliphatic rings. The summed E-state index contributed by atoms with van der Waals surface area (Å²) in [6.07, 6.45) is 3.53. The van der Waals surface area contributed by atoms with Crippen LogP contribution in [0.4, 0.5) is 0 Å². The molecule has 0 spiro atoms. The van der Waals surface area contributed by atoms with Crippen molar-refractivity contribution in [2.75, 3.05) is 27.2 Å². The monoisotopic (exact) mass is 395 g/mol. The van der Waals surface area contributed by atoms with E-state index in [1.54, 1.807) is 20.3 Å². The average molecular weight is 395 g/mol. The zero-order chi connectivity index (χ0) is 19.7. The van der Waals surface area contributed by atoms with Crippen molar-refractivity contribution in [3.63, 3.8) is 0 Å². The Bertz CT molecular complexity index is 1010. The Morgan fingerprint density at radius 3 is 2.64 bits per heavy atom. The van der Waals surface area contributed by atoms with E-state index in [-0.39, 0.29) is 17.7 Å². The van der Waals surface area contributed by atoms with Crippen molar-refractivity contribution in [2.24, 2.45) is 0 Å². The van der Waals surface area contributed by atoms with Crippen molar-refractivity contribution >= 4 is 34.6 Å². The molecule has 1 fully saturated rings. The number of piperidine rings is 1. The predicted octanol–water partition coefficient (Wildman–Crippen LogP) is 2.81. The smallest absolute Gasteiger partial charge is 0.254 e. The van der Waals surface area contributed by atoms with E-state index in [4.69, 9.17) is 0 Å². The number of hydrogen-bond donors (Lipinski definition) is 0. The molecule has 3 aromatic rings. The van der Waals surface area contributed by atoms with Gasteiger partial charge in [-0.15, -0.1) is 0 Å². The molecule has 3 heterocycles. The van der Waals surface area contributed by atoms with Gasteiger partial charge in [0.05, 0.1) is 17.3 Å². The van der Waals surface area contributed by atoms with E-state index >= 15 is 0 Å². The zero-order valence-corrected chi connectivity index (χ0v) is 16.6. The van der Waals surface area contributed by atoms with E-state index < -0.39 is 0 Å². The standard InChI is InChI=1S/C20H21N5O2S/c1-24(2)19(26)14-6-7-16(21-11-14)15-4-3-9-25(12-15)20(27)13-5-8-17-18(10-13)23-28-22-17/h5-8,10-11,15H,3-4,9,12H2,1-2H3. The van der Waals surface area contributed by atoms with Crippen LogP contribution in [0.1, 0.15) is 45.2 Å². The summed E-state index contributed by atoms with van der Waals surface area (Å²) < 4.78 is 8.41. The Morgan fingerprint density at radius 2 is 1.89 bits per heavy atom. The molecule has 1 atom stereocenters. The first-order chi connectivity index (χ1) is 13.5. The topological polar surface area (TPSA) is 79.3 Å². The number of fused-ring (bicyclic) bond motifs is 1. The van der Waals surface area contributed by atoms with Gasteiger partial charge in [-0.3, -0.25) is 14.6 Å². The van der Waals surface area contributed by atoms with Crippen LogP contribution in [0.25, 0.3) is 11.0 Å². The Labute approximate surface area is 167 Å². The second kappa shape index (κ2) is 7.63. The highest BCUT2D eigenvalue weighted by Crippen LogP contribution is 2.27. The molecular formula is C20H21N5O2S. The molecule has 2 aromatic heterocycles. The summed E-state index contributed by atoms with van der Waals surface area (Å²) in [5.74, 6) is 0.122. The van der Waals surface area contributed by atoms with Gasteiger partial charge >= 0.3 is 0 Å². The number of amides is 2. The van der Waals surface area contributed by atoms with Crippen LogP contribution in [-0.4, -0.2) is 62.5 Å². The molecule has 0 N–H and O–H groups in total. The molecule has 0 bridgehead atoms. The van der Waals surface area contributed by atoms with Crippen molar-refractivity contribution < 1.29 is 9.59 Å². The van der Waals surface area contributed by atoms with E-state index in [0.29, 0.717) is 17.7 Å². The molecule has 4 rings (SSSR count). The molecule has 0 radical (unpaired) electrons. The van der Waals surface area contributed by atoms with Gasteiger partial charge in [0, 0.05) is 50.6 Å². The van der Waals surface area contributed by atoms with Gasteiger partial charge in [-0.1, -0.05) is 0 Å². The fourth-order valence-electron chi connectivity index (χ4n) is 3.53. The van der Waals surface area contributed by atoms with Crippen LogP contribution in [0.3, 0.4) is 0 Å². The lowest BCUT2D eigenvalue weighted by Crippen LogP contribution is -2.39. The first kappa shape index (κ1) is 18.5. The third kappa shape index (κ3) is 3.60. The Kier molecular flexibility index (Phi) is 5.04. The summed E-state index contributed by atoms with van der Waals surface area (Å²) in [5.41, 5.74) is 3.71. The summed E-state index contributed by atoms with van der Waals surface area (Å²) in [6, 6.07) is 9.19. The number of rotatable bonds is 3. The molecule has 0 saturated carbocycles. The third-order valence-corrected chi connectivity index (χ3v) is 5.62. The lowest BCUT2D eigenvalue weighted by Gasteiger charge is -2.32. The third-order valence-electron chi connectivity index (χ3n) is 5.07. The predicted molar refractivity (Wildman–Crippen MR) is 108 cm³/mol. The van der Waals surface area contributed by atoms with E-state index in [9.17, 15) is 9.59 Å². The highest BCUT2D eigenvalue weighted by molar-refractivity contribution is 7.00. The van der Waals surface area contributed by atoms with Crippen molar-refractivity contribution in [1.29, 1.82) is 0 Å². The molecule has 28 heavy (non-hydrogen) atoms. The fraction of sp³-hybridized carbons (Fsp3) is 0.350. The van der Waals surface area contributed by atoms with E-state index in [2.05, 4.69) is 13.7 Å². The minimum Gasteiger partial charge on any atom is -0.345 e. The summed E-state index contributed by atoms with van der Waals surface area (Å²) in [5, 5.41) is 0. The maximum Gasteiger partial charge on any atom is 0.254 e. The Balaban J connectivity index is 1.49. The molecule has 1 unspecified atom stereocenters. The number of pyridine rings is 1. The number of likely N-dealkylation sites (tertiary alicyclic amines) is 1. The van der Waals surface area contributed by atoms with E-state index in [1.807, 2.05) is 35.2 Å². The van der Waals surface area contributed by atoms with Crippen molar-refractivity contribution in [3.05, 3.63) is 53.3 Å². The quantitative estimate of drug-likeness (QED) is 0.681. The van der Waals surface area contributed by atoms with Crippen LogP contribution >= 0.6 is 11.7 Å². The summed E-state index contributed by atoms with van der Waals surface area (Å²) in [7, 11) is 3.44. The van der Waals surface area contributed by atoms with E-state index in [1.165, 1.54) is 4.90 Å². The lowest BCUT2D eigenvalue weighted by atomic mass is 9.93. The number of hydrogen-bond acceptors (Lipinski definition) is 6. The van der Waals surface area contributed by atoms with Crippen LogP contribution in [0.5, 0.6) is 0 Å². The molecule has 1 aliphatic heterocycles. The molecular weight excluding hydrogens is 374 g/mol. The number of nitrogens with zero attached hydrogens (tertiary/aromatic N) is 5. The first-order valence-electron chi connectivity index (χ1n) is 9.22. The second-order valence-corrected chi connectivity index (χ2v) is 7.76. The Hall–Kier alpha value is -2.87. The number of benzene rings is 1. The number of carbonyl (C=O) groups excluding carboxylic acids is 2. The van der Waals surface area contributed by atoms with Gasteiger partial charge < -0.3 is 9.80 Å². The first-order valence-corrected chi connectivity index (χ1v) is 9.95. The SMILES string of the molecule is CN(C)C(=O)c1ccc(C2CCCN(C(=O)c3ccc4nsnc4c3)C2)nc1. The summed E-state index contributed by atoms with van der Waals surface area (Å²) in [4.78, 5) is 32.9. The van der Waals surface area contributed by atoms with Gasteiger partial charge in [-0.2, -0.15) is 8.75 Å². The molecule has 2 amide bonds. The van der Waals surface area contributed by atoms with Gasteiger partial charge in [-0.05, 0) is 43.2 Å². The van der Waals surface area contributed by atoms with Gasteiger partial charge in [0.15, 0.2) is 0 Å². The van der Waals surface area contributed by atoms with Crippen molar-refractivity contribution in [1.82, 2.24) is 23.5 Å². The molecule has 1 aromatic carbocycles. The molecule has 1 saturated heterocycles. The molecule has 8 heteroatoms. The number of aromatic nitrogens is 3. The molecule has 0 aliphatic carbocycles. The van der Waals surface area contributed by atoms with Crippen LogP contribution in [-0.2, 0) is 0 Å². The highest BCUT2D eigenvalue weighted by Gasteiger charge is 2.26. The van der Waals surface area contributed by atoms with Gasteiger partial charge in [-0.25, -0.2) is 0 Å². The fourth-order valence-corrected chi connectivity index (χ4v) is 4.05. The highest BCUT2D eigenvalue weighted by atomic mass is 32.1. The zero-order valence-electron chi connectivity index (χ0n) is 15.8. The van der Waals surface area contributed by atoms with Gasteiger partial charge in [0.25, 0.3) is 11.8 Å². The van der Waals surface area contributed by atoms with E-state index in [0.717, 1.165) is 47.8 Å². The minimum absolute atomic E-state index is 0.0130. The summed E-state index contributed by atoms with van der Waals surface area (Å²) >= 11 is 1.15. The maximum absolute atomic E-state index is 13.0. The largest absolute Gasteiger partial charge is 0.345 e. The average Bonchev–Trinajstić information content (AvgIpc) is 3.20. The second-order valence-electron chi connectivity index (χ2n) is 7.23. The van der Waals surface area contributed by atoms with Crippen LogP contribution in [0, 0.1) is 0 Å². The van der Waals surface area contributed by atoms with Gasteiger partial charge in [0.2, 0.25) is 0 Å². The lowest BCUT2D eigenvalue weighted by molar-refractivity contribution is 0.0706. The van der Waals surface area contributed by atoms with Crippen molar-refractivity contribution in [3.8, 4) is 0 Å². The van der Waals surface area contributed by atoms with Crippen LogP contribution in [0.15, 0.2) is 36.5 Å².